The molecule has 0 spiro atoms. The lowest BCUT2D eigenvalue weighted by Crippen LogP contribution is -2.08. The van der Waals surface area contributed by atoms with Gasteiger partial charge in [0.2, 0.25) is 0 Å². The molecule has 3 heteroatoms. The van der Waals surface area contributed by atoms with Crippen LogP contribution in [-0.4, -0.2) is 13.1 Å². The van der Waals surface area contributed by atoms with Crippen LogP contribution in [0.2, 0.25) is 0 Å². The molecule has 0 aromatic heterocycles. The van der Waals surface area contributed by atoms with E-state index in [1.165, 1.54) is 6.07 Å². The number of nitrogens with one attached hydrogen (secondary N) is 1. The standard InChI is InChI=1S/C10H12FN.ClH/c11-10-4-2-1-3-9(10)8-5-6-12-7-8;/h1-4,8,12H,5-7H2;1H/t8-;/m0./s1. The molecule has 1 heterocycles. The van der Waals surface area contributed by atoms with Crippen LogP contribution in [0.3, 0.4) is 0 Å². The van der Waals surface area contributed by atoms with Crippen LogP contribution in [0.15, 0.2) is 24.3 Å². The van der Waals surface area contributed by atoms with Crippen LogP contribution < -0.4 is 5.32 Å². The van der Waals surface area contributed by atoms with Gasteiger partial charge in [0, 0.05) is 12.5 Å². The van der Waals surface area contributed by atoms with Crippen molar-refractivity contribution >= 4 is 12.4 Å². The Morgan fingerprint density at radius 3 is 2.69 bits per heavy atom. The van der Waals surface area contributed by atoms with E-state index in [0.29, 0.717) is 5.92 Å². The Balaban J connectivity index is 0.000000845. The van der Waals surface area contributed by atoms with Crippen molar-refractivity contribution in [3.05, 3.63) is 35.6 Å². The summed E-state index contributed by atoms with van der Waals surface area (Å²) in [5.41, 5.74) is 0.863. The van der Waals surface area contributed by atoms with Crippen LogP contribution in [0.25, 0.3) is 0 Å². The van der Waals surface area contributed by atoms with Gasteiger partial charge in [-0.3, -0.25) is 0 Å². The van der Waals surface area contributed by atoms with Crippen LogP contribution in [-0.2, 0) is 0 Å². The molecule has 0 unspecified atom stereocenters. The van der Waals surface area contributed by atoms with Gasteiger partial charge in [0.05, 0.1) is 0 Å². The molecule has 1 aliphatic heterocycles. The molecule has 13 heavy (non-hydrogen) atoms. The maximum absolute atomic E-state index is 13.2. The third kappa shape index (κ3) is 2.20. The van der Waals surface area contributed by atoms with Crippen molar-refractivity contribution in [3.63, 3.8) is 0 Å². The second-order valence-corrected chi connectivity index (χ2v) is 3.21. The van der Waals surface area contributed by atoms with Crippen molar-refractivity contribution in [1.29, 1.82) is 0 Å². The summed E-state index contributed by atoms with van der Waals surface area (Å²) >= 11 is 0. The van der Waals surface area contributed by atoms with Crippen molar-refractivity contribution in [2.45, 2.75) is 12.3 Å². The molecule has 1 saturated heterocycles. The summed E-state index contributed by atoms with van der Waals surface area (Å²) in [4.78, 5) is 0. The van der Waals surface area contributed by atoms with Crippen LogP contribution in [0.5, 0.6) is 0 Å². The summed E-state index contributed by atoms with van der Waals surface area (Å²) in [6.45, 7) is 1.93. The Labute approximate surface area is 83.8 Å². The third-order valence-electron chi connectivity index (χ3n) is 2.41. The Bertz CT molecular complexity index is 271. The van der Waals surface area contributed by atoms with Gasteiger partial charge in [0.25, 0.3) is 0 Å². The highest BCUT2D eigenvalue weighted by Gasteiger charge is 2.18. The molecular weight excluding hydrogens is 189 g/mol. The number of halogens is 2. The lowest BCUT2D eigenvalue weighted by atomic mass is 9.98. The highest BCUT2D eigenvalue weighted by molar-refractivity contribution is 5.85. The molecule has 0 aliphatic carbocycles. The first kappa shape index (κ1) is 10.5. The quantitative estimate of drug-likeness (QED) is 0.736. The number of hydrogen-bond acceptors (Lipinski definition) is 1. The van der Waals surface area contributed by atoms with E-state index in [1.807, 2.05) is 12.1 Å². The fourth-order valence-corrected chi connectivity index (χ4v) is 1.73. The van der Waals surface area contributed by atoms with Crippen molar-refractivity contribution < 1.29 is 4.39 Å². The first-order chi connectivity index (χ1) is 5.88. The summed E-state index contributed by atoms with van der Waals surface area (Å²) in [5.74, 6) is 0.317. The minimum atomic E-state index is -0.0637. The Morgan fingerprint density at radius 2 is 2.08 bits per heavy atom. The molecule has 0 amide bonds. The normalized spacial score (nSPS) is 21.2. The third-order valence-corrected chi connectivity index (χ3v) is 2.41. The van der Waals surface area contributed by atoms with E-state index in [9.17, 15) is 4.39 Å². The molecule has 1 N–H and O–H groups in total. The molecule has 1 atom stereocenters. The zero-order valence-corrected chi connectivity index (χ0v) is 8.11. The lowest BCUT2D eigenvalue weighted by Gasteiger charge is -2.08. The summed E-state index contributed by atoms with van der Waals surface area (Å²) in [5, 5.41) is 3.23. The largest absolute Gasteiger partial charge is 0.316 e. The molecule has 1 nitrogen and oxygen atoms in total. The number of rotatable bonds is 1. The zero-order chi connectivity index (χ0) is 8.39. The molecule has 0 radical (unpaired) electrons. The second kappa shape index (κ2) is 4.58. The highest BCUT2D eigenvalue weighted by Crippen LogP contribution is 2.24. The van der Waals surface area contributed by atoms with Gasteiger partial charge in [-0.15, -0.1) is 12.4 Å². The van der Waals surface area contributed by atoms with Gasteiger partial charge in [-0.1, -0.05) is 18.2 Å². The van der Waals surface area contributed by atoms with Crippen molar-refractivity contribution in [1.82, 2.24) is 5.32 Å². The zero-order valence-electron chi connectivity index (χ0n) is 7.29. The summed E-state index contributed by atoms with van der Waals surface area (Å²) < 4.78 is 13.2. The SMILES string of the molecule is Cl.Fc1ccccc1[C@H]1CCNC1. The van der Waals surface area contributed by atoms with E-state index in [4.69, 9.17) is 0 Å². The Morgan fingerprint density at radius 1 is 1.31 bits per heavy atom. The average molecular weight is 202 g/mol. The minimum Gasteiger partial charge on any atom is -0.316 e. The second-order valence-electron chi connectivity index (χ2n) is 3.21. The fourth-order valence-electron chi connectivity index (χ4n) is 1.73. The smallest absolute Gasteiger partial charge is 0.126 e. The van der Waals surface area contributed by atoms with E-state index in [1.54, 1.807) is 6.07 Å². The van der Waals surface area contributed by atoms with Crippen LogP contribution in [0.4, 0.5) is 4.39 Å². The summed E-state index contributed by atoms with van der Waals surface area (Å²) in [6, 6.07) is 7.05. The van der Waals surface area contributed by atoms with Crippen molar-refractivity contribution in [2.24, 2.45) is 0 Å². The van der Waals surface area contributed by atoms with Gasteiger partial charge >= 0.3 is 0 Å². The molecule has 1 aliphatic rings. The molecule has 0 saturated carbocycles. The van der Waals surface area contributed by atoms with Crippen molar-refractivity contribution in [2.75, 3.05) is 13.1 Å². The van der Waals surface area contributed by atoms with Gasteiger partial charge in [-0.25, -0.2) is 4.39 Å². The van der Waals surface area contributed by atoms with E-state index >= 15 is 0 Å². The van der Waals surface area contributed by atoms with E-state index in [2.05, 4.69) is 5.32 Å². The highest BCUT2D eigenvalue weighted by atomic mass is 35.5. The molecule has 1 fully saturated rings. The lowest BCUT2D eigenvalue weighted by molar-refractivity contribution is 0.588. The number of hydrogen-bond donors (Lipinski definition) is 1. The maximum atomic E-state index is 13.2. The van der Waals surface area contributed by atoms with E-state index < -0.39 is 0 Å². The average Bonchev–Trinajstić information content (AvgIpc) is 2.57. The first-order valence-corrected chi connectivity index (χ1v) is 4.33. The fraction of sp³-hybridized carbons (Fsp3) is 0.400. The minimum absolute atomic E-state index is 0. The van der Waals surface area contributed by atoms with Gasteiger partial charge in [0.1, 0.15) is 5.82 Å². The molecule has 1 aromatic carbocycles. The van der Waals surface area contributed by atoms with Crippen molar-refractivity contribution in [3.8, 4) is 0 Å². The van der Waals surface area contributed by atoms with Crippen LogP contribution >= 0.6 is 12.4 Å². The maximum Gasteiger partial charge on any atom is 0.126 e. The van der Waals surface area contributed by atoms with Crippen LogP contribution in [0, 0.1) is 5.82 Å². The van der Waals surface area contributed by atoms with Gasteiger partial charge < -0.3 is 5.32 Å². The van der Waals surface area contributed by atoms with Gasteiger partial charge in [-0.2, -0.15) is 0 Å². The van der Waals surface area contributed by atoms with E-state index in [0.717, 1.165) is 25.1 Å². The molecule has 0 bridgehead atoms. The first-order valence-electron chi connectivity index (χ1n) is 4.33. The topological polar surface area (TPSA) is 12.0 Å². The van der Waals surface area contributed by atoms with Gasteiger partial charge in [-0.05, 0) is 24.6 Å². The predicted octanol–water partition coefficient (Wildman–Crippen LogP) is 2.32. The Kier molecular flexibility index (Phi) is 3.70. The van der Waals surface area contributed by atoms with E-state index in [-0.39, 0.29) is 18.2 Å². The molecule has 72 valence electrons. The molecular formula is C10H13ClFN. The predicted molar refractivity (Wildman–Crippen MR) is 53.9 cm³/mol. The number of benzene rings is 1. The summed E-state index contributed by atoms with van der Waals surface area (Å²) in [7, 11) is 0. The van der Waals surface area contributed by atoms with Gasteiger partial charge in [0.15, 0.2) is 0 Å². The van der Waals surface area contributed by atoms with Crippen LogP contribution in [0.1, 0.15) is 17.9 Å². The molecule has 1 aromatic rings. The monoisotopic (exact) mass is 201 g/mol. The molecule has 2 rings (SSSR count). The summed E-state index contributed by atoms with van der Waals surface area (Å²) in [6.07, 6.45) is 1.06. The Hall–Kier alpha value is -0.600.